The van der Waals surface area contributed by atoms with E-state index in [2.05, 4.69) is 41.1 Å². The van der Waals surface area contributed by atoms with Gasteiger partial charge >= 0.3 is 0 Å². The van der Waals surface area contributed by atoms with E-state index in [9.17, 15) is 0 Å². The molecule has 2 heterocycles. The molecular weight excluding hydrogens is 284 g/mol. The molecule has 3 rings (SSSR count). The summed E-state index contributed by atoms with van der Waals surface area (Å²) in [4.78, 5) is 6.61. The lowest BCUT2D eigenvalue weighted by atomic mass is 10.1. The number of rotatable bonds is 4. The Bertz CT molecular complexity index is 538. The largest absolute Gasteiger partial charge is 0.330 e. The Morgan fingerprint density at radius 2 is 2.05 bits per heavy atom. The Morgan fingerprint density at radius 3 is 2.62 bits per heavy atom. The van der Waals surface area contributed by atoms with Gasteiger partial charge in [-0.25, -0.2) is 4.98 Å². The first-order valence-electron chi connectivity index (χ1n) is 7.27. The van der Waals surface area contributed by atoms with Crippen molar-refractivity contribution in [2.75, 3.05) is 13.1 Å². The molecule has 2 atom stereocenters. The smallest absolute Gasteiger partial charge is 0.0991 e. The van der Waals surface area contributed by atoms with Crippen LogP contribution in [0.25, 0.3) is 5.69 Å². The third kappa shape index (κ3) is 3.64. The maximum absolute atomic E-state index is 5.79. The number of nitrogens with zero attached hydrogens (tertiary/aromatic N) is 3. The van der Waals surface area contributed by atoms with Crippen molar-refractivity contribution in [1.82, 2.24) is 14.5 Å². The Hall–Kier alpha value is -1.36. The van der Waals surface area contributed by atoms with Crippen LogP contribution < -0.4 is 5.73 Å². The van der Waals surface area contributed by atoms with Gasteiger partial charge in [-0.05, 0) is 43.5 Å². The normalized spacial score (nSPS) is 22.2. The van der Waals surface area contributed by atoms with Gasteiger partial charge < -0.3 is 10.3 Å². The van der Waals surface area contributed by atoms with Gasteiger partial charge in [0.2, 0.25) is 0 Å². The van der Waals surface area contributed by atoms with Gasteiger partial charge in [-0.1, -0.05) is 12.1 Å². The van der Waals surface area contributed by atoms with Gasteiger partial charge in [-0.2, -0.15) is 0 Å². The molecular formula is C16H23ClN4. The predicted molar refractivity (Wildman–Crippen MR) is 87.8 cm³/mol. The molecule has 4 nitrogen and oxygen atoms in total. The zero-order chi connectivity index (χ0) is 13.9. The van der Waals surface area contributed by atoms with Crippen molar-refractivity contribution in [3.05, 3.63) is 48.5 Å². The van der Waals surface area contributed by atoms with Crippen LogP contribution in [0.5, 0.6) is 0 Å². The molecule has 2 N–H and O–H groups in total. The molecule has 1 aromatic carbocycles. The van der Waals surface area contributed by atoms with Crippen LogP contribution in [0.4, 0.5) is 0 Å². The first kappa shape index (κ1) is 16.0. The maximum Gasteiger partial charge on any atom is 0.0991 e. The van der Waals surface area contributed by atoms with Crippen LogP contribution in [0.15, 0.2) is 43.0 Å². The SMILES string of the molecule is CC1CC(CN)CN1Cc1ccc(-n2ccnc2)cc1.Cl. The molecule has 1 aliphatic rings. The van der Waals surface area contributed by atoms with Gasteiger partial charge in [0.15, 0.2) is 0 Å². The summed E-state index contributed by atoms with van der Waals surface area (Å²) in [6, 6.07) is 9.35. The number of likely N-dealkylation sites (tertiary alicyclic amines) is 1. The zero-order valence-electron chi connectivity index (χ0n) is 12.4. The summed E-state index contributed by atoms with van der Waals surface area (Å²) in [5.41, 5.74) is 8.30. The molecule has 2 aromatic rings. The Labute approximate surface area is 132 Å². The molecule has 1 fully saturated rings. The fourth-order valence-corrected chi connectivity index (χ4v) is 3.03. The van der Waals surface area contributed by atoms with E-state index in [-0.39, 0.29) is 12.4 Å². The van der Waals surface area contributed by atoms with Gasteiger partial charge in [0, 0.05) is 37.2 Å². The fraction of sp³-hybridized carbons (Fsp3) is 0.438. The number of benzene rings is 1. The summed E-state index contributed by atoms with van der Waals surface area (Å²) in [5.74, 6) is 0.662. The zero-order valence-corrected chi connectivity index (χ0v) is 13.2. The molecule has 21 heavy (non-hydrogen) atoms. The van der Waals surface area contributed by atoms with Gasteiger partial charge in [0.05, 0.1) is 6.33 Å². The quantitative estimate of drug-likeness (QED) is 0.944. The van der Waals surface area contributed by atoms with E-state index in [1.165, 1.54) is 12.0 Å². The average molecular weight is 307 g/mol. The maximum atomic E-state index is 5.79. The van der Waals surface area contributed by atoms with Crippen LogP contribution in [0.1, 0.15) is 18.9 Å². The Kier molecular flexibility index (Phi) is 5.39. The van der Waals surface area contributed by atoms with Gasteiger partial charge in [0.1, 0.15) is 0 Å². The minimum Gasteiger partial charge on any atom is -0.330 e. The molecule has 0 saturated carbocycles. The first-order chi connectivity index (χ1) is 9.76. The number of imidazole rings is 1. The number of halogens is 1. The van der Waals surface area contributed by atoms with Crippen molar-refractivity contribution in [3.8, 4) is 5.69 Å². The van der Waals surface area contributed by atoms with Crippen molar-refractivity contribution in [2.24, 2.45) is 11.7 Å². The molecule has 0 radical (unpaired) electrons. The summed E-state index contributed by atoms with van der Waals surface area (Å²) in [6.45, 7) is 5.25. The monoisotopic (exact) mass is 306 g/mol. The molecule has 1 aromatic heterocycles. The standard InChI is InChI=1S/C16H22N4.ClH/c1-13-8-15(9-17)11-20(13)10-14-2-4-16(5-3-14)19-7-6-18-12-19;/h2-7,12-13,15H,8-11,17H2,1H3;1H. The molecule has 1 saturated heterocycles. The number of hydrogen-bond acceptors (Lipinski definition) is 3. The third-order valence-corrected chi connectivity index (χ3v) is 4.25. The molecule has 1 aliphatic heterocycles. The molecule has 0 bridgehead atoms. The van der Waals surface area contributed by atoms with Gasteiger partial charge in [-0.3, -0.25) is 4.90 Å². The second-order valence-corrected chi connectivity index (χ2v) is 5.75. The molecule has 5 heteroatoms. The van der Waals surface area contributed by atoms with Crippen molar-refractivity contribution >= 4 is 12.4 Å². The molecule has 0 spiro atoms. The molecule has 114 valence electrons. The predicted octanol–water partition coefficient (Wildman–Crippen LogP) is 2.46. The highest BCUT2D eigenvalue weighted by Crippen LogP contribution is 2.24. The highest BCUT2D eigenvalue weighted by Gasteiger charge is 2.27. The van der Waals surface area contributed by atoms with Crippen molar-refractivity contribution in [1.29, 1.82) is 0 Å². The van der Waals surface area contributed by atoms with Crippen molar-refractivity contribution in [3.63, 3.8) is 0 Å². The van der Waals surface area contributed by atoms with Crippen LogP contribution >= 0.6 is 12.4 Å². The summed E-state index contributed by atoms with van der Waals surface area (Å²) in [7, 11) is 0. The van der Waals surface area contributed by atoms with Gasteiger partial charge in [-0.15, -0.1) is 12.4 Å². The lowest BCUT2D eigenvalue weighted by Gasteiger charge is -2.21. The highest BCUT2D eigenvalue weighted by atomic mass is 35.5. The van der Waals surface area contributed by atoms with Crippen molar-refractivity contribution in [2.45, 2.75) is 25.9 Å². The molecule has 0 amide bonds. The highest BCUT2D eigenvalue weighted by molar-refractivity contribution is 5.85. The number of hydrogen-bond donors (Lipinski definition) is 1. The number of nitrogens with two attached hydrogens (primary N) is 1. The average Bonchev–Trinajstić information content (AvgIpc) is 3.10. The minimum atomic E-state index is 0. The summed E-state index contributed by atoms with van der Waals surface area (Å²) >= 11 is 0. The summed E-state index contributed by atoms with van der Waals surface area (Å²) in [6.07, 6.45) is 6.81. The Balaban J connectivity index is 0.00000161. The first-order valence-corrected chi connectivity index (χ1v) is 7.27. The van der Waals surface area contributed by atoms with Crippen LogP contribution in [0.2, 0.25) is 0 Å². The number of aromatic nitrogens is 2. The topological polar surface area (TPSA) is 47.1 Å². The fourth-order valence-electron chi connectivity index (χ4n) is 3.03. The summed E-state index contributed by atoms with van der Waals surface area (Å²) in [5, 5.41) is 0. The lowest BCUT2D eigenvalue weighted by Crippen LogP contribution is -2.27. The van der Waals surface area contributed by atoms with Crippen molar-refractivity contribution < 1.29 is 0 Å². The van der Waals surface area contributed by atoms with Crippen LogP contribution in [-0.2, 0) is 6.54 Å². The van der Waals surface area contributed by atoms with E-state index < -0.39 is 0 Å². The van der Waals surface area contributed by atoms with E-state index in [1.54, 1.807) is 6.20 Å². The third-order valence-electron chi connectivity index (χ3n) is 4.25. The Morgan fingerprint density at radius 1 is 1.29 bits per heavy atom. The van der Waals surface area contributed by atoms with E-state index in [4.69, 9.17) is 5.73 Å². The minimum absolute atomic E-state index is 0. The lowest BCUT2D eigenvalue weighted by molar-refractivity contribution is 0.256. The second kappa shape index (κ2) is 7.07. The summed E-state index contributed by atoms with van der Waals surface area (Å²) < 4.78 is 2.02. The molecule has 0 aliphatic carbocycles. The van der Waals surface area contributed by atoms with E-state index in [0.29, 0.717) is 12.0 Å². The van der Waals surface area contributed by atoms with Crippen LogP contribution in [0, 0.1) is 5.92 Å². The van der Waals surface area contributed by atoms with E-state index >= 15 is 0 Å². The van der Waals surface area contributed by atoms with Gasteiger partial charge in [0.25, 0.3) is 0 Å². The van der Waals surface area contributed by atoms with Crippen LogP contribution in [-0.4, -0.2) is 33.6 Å². The van der Waals surface area contributed by atoms with Crippen LogP contribution in [0.3, 0.4) is 0 Å². The molecule has 2 unspecified atom stereocenters. The van der Waals surface area contributed by atoms with E-state index in [0.717, 1.165) is 25.3 Å². The van der Waals surface area contributed by atoms with E-state index in [1.807, 2.05) is 17.1 Å². The second-order valence-electron chi connectivity index (χ2n) is 5.75.